The summed E-state index contributed by atoms with van der Waals surface area (Å²) < 4.78 is 5.02. The molecular weight excluding hydrogens is 398 g/mol. The topological polar surface area (TPSA) is 138 Å². The molecule has 3 aromatic rings. The van der Waals surface area contributed by atoms with E-state index < -0.39 is 29.6 Å². The first kappa shape index (κ1) is 20.3. The number of primary amides is 1. The third kappa shape index (κ3) is 4.30. The number of benzene rings is 2. The van der Waals surface area contributed by atoms with E-state index >= 15 is 0 Å². The van der Waals surface area contributed by atoms with Crippen LogP contribution in [0.4, 0.5) is 15.3 Å². The number of alkyl carbamates (subject to hydrolysis) is 1. The lowest BCUT2D eigenvalue weighted by molar-refractivity contribution is -0.117. The number of hydrogen-bond acceptors (Lipinski definition) is 4. The summed E-state index contributed by atoms with van der Waals surface area (Å²) in [4.78, 5) is 39.2. The van der Waals surface area contributed by atoms with E-state index in [0.29, 0.717) is 5.69 Å². The molecule has 0 bridgehead atoms. The highest BCUT2D eigenvalue weighted by molar-refractivity contribution is 5.97. The maximum Gasteiger partial charge on any atom is 0.408 e. The van der Waals surface area contributed by atoms with E-state index in [4.69, 9.17) is 10.5 Å². The second-order valence-electron chi connectivity index (χ2n) is 7.73. The minimum Gasteiger partial charge on any atom is -0.447 e. The minimum absolute atomic E-state index is 0.190. The average Bonchev–Trinajstić information content (AvgIpc) is 3.31. The van der Waals surface area contributed by atoms with Crippen molar-refractivity contribution in [2.24, 2.45) is 5.73 Å². The zero-order chi connectivity index (χ0) is 22.0. The molecule has 4 amide bonds. The number of fused-ring (bicyclic) bond motifs is 1. The molecule has 1 aliphatic rings. The Morgan fingerprint density at radius 1 is 1.23 bits per heavy atom. The number of urea groups is 1. The van der Waals surface area contributed by atoms with E-state index in [1.165, 1.54) is 0 Å². The molecule has 1 fully saturated rings. The summed E-state index contributed by atoms with van der Waals surface area (Å²) in [5, 5.41) is 9.09. The van der Waals surface area contributed by atoms with Crippen molar-refractivity contribution in [1.29, 1.82) is 0 Å². The summed E-state index contributed by atoms with van der Waals surface area (Å²) in [5.74, 6) is -0.405. The standard InChI is InChI=1S/C22H23N5O4/c1-22(12-31-21(30)27-22)14-5-4-6-15(10-14)25-19(28)18(26-20(23)29)9-13-11-24-17-8-3-2-7-16(13)17/h2-8,10-11,18,24H,9,12H2,1H3,(H,25,28)(H,27,30)(H3,23,26,29). The summed E-state index contributed by atoms with van der Waals surface area (Å²) in [7, 11) is 0. The normalized spacial score (nSPS) is 18.8. The number of aromatic nitrogens is 1. The van der Waals surface area contributed by atoms with Crippen molar-refractivity contribution in [2.45, 2.75) is 24.9 Å². The van der Waals surface area contributed by atoms with Gasteiger partial charge in [-0.2, -0.15) is 0 Å². The fourth-order valence-electron chi connectivity index (χ4n) is 3.73. The highest BCUT2D eigenvalue weighted by Gasteiger charge is 2.36. The van der Waals surface area contributed by atoms with Gasteiger partial charge in [0.1, 0.15) is 12.6 Å². The summed E-state index contributed by atoms with van der Waals surface area (Å²) >= 11 is 0. The largest absolute Gasteiger partial charge is 0.447 e. The van der Waals surface area contributed by atoms with Crippen LogP contribution in [0.2, 0.25) is 0 Å². The Morgan fingerprint density at radius 3 is 2.77 bits per heavy atom. The van der Waals surface area contributed by atoms with Gasteiger partial charge in [0.05, 0.1) is 5.54 Å². The van der Waals surface area contributed by atoms with E-state index in [2.05, 4.69) is 20.9 Å². The van der Waals surface area contributed by atoms with Crippen LogP contribution >= 0.6 is 0 Å². The average molecular weight is 421 g/mol. The summed E-state index contributed by atoms with van der Waals surface area (Å²) in [6.07, 6.45) is 1.60. The van der Waals surface area contributed by atoms with Crippen LogP contribution in [0.3, 0.4) is 0 Å². The van der Waals surface area contributed by atoms with Crippen molar-refractivity contribution in [3.05, 3.63) is 65.9 Å². The van der Waals surface area contributed by atoms with Gasteiger partial charge in [0, 0.05) is 29.2 Å². The van der Waals surface area contributed by atoms with E-state index in [9.17, 15) is 14.4 Å². The van der Waals surface area contributed by atoms with Gasteiger partial charge in [0.25, 0.3) is 0 Å². The minimum atomic E-state index is -0.870. The number of nitrogens with two attached hydrogens (primary N) is 1. The number of carbonyl (C=O) groups excluding carboxylic acids is 3. The Morgan fingerprint density at radius 2 is 2.03 bits per heavy atom. The summed E-state index contributed by atoms with van der Waals surface area (Å²) in [5.41, 5.74) is 7.76. The first-order valence-corrected chi connectivity index (χ1v) is 9.81. The number of hydrogen-bond donors (Lipinski definition) is 5. The SMILES string of the molecule is CC1(c2cccc(NC(=O)C(Cc3c[nH]c4ccccc34)NC(N)=O)c2)COC(=O)N1. The molecule has 2 unspecified atom stereocenters. The second-order valence-corrected chi connectivity index (χ2v) is 7.73. The van der Waals surface area contributed by atoms with Gasteiger partial charge in [-0.3, -0.25) is 4.79 Å². The van der Waals surface area contributed by atoms with Crippen LogP contribution in [0.1, 0.15) is 18.1 Å². The Labute approximate surface area is 178 Å². The molecule has 0 aliphatic carbocycles. The number of anilines is 1. The van der Waals surface area contributed by atoms with Gasteiger partial charge in [0.15, 0.2) is 0 Å². The Balaban J connectivity index is 1.53. The molecule has 0 radical (unpaired) electrons. The monoisotopic (exact) mass is 421 g/mol. The van der Waals surface area contributed by atoms with Crippen LogP contribution in [-0.4, -0.2) is 35.7 Å². The molecule has 160 valence electrons. The highest BCUT2D eigenvalue weighted by atomic mass is 16.6. The quantitative estimate of drug-likeness (QED) is 0.417. The molecule has 1 aliphatic heterocycles. The van der Waals surface area contributed by atoms with Gasteiger partial charge in [-0.15, -0.1) is 0 Å². The van der Waals surface area contributed by atoms with Crippen LogP contribution < -0.4 is 21.7 Å². The number of H-pyrrole nitrogens is 1. The van der Waals surface area contributed by atoms with Crippen molar-refractivity contribution >= 4 is 34.6 Å². The van der Waals surface area contributed by atoms with E-state index in [1.807, 2.05) is 43.5 Å². The van der Waals surface area contributed by atoms with Crippen molar-refractivity contribution in [3.63, 3.8) is 0 Å². The number of ether oxygens (including phenoxy) is 1. The molecular formula is C22H23N5O4. The Hall–Kier alpha value is -4.01. The first-order chi connectivity index (χ1) is 14.8. The number of aromatic amines is 1. The molecule has 1 aromatic heterocycles. The van der Waals surface area contributed by atoms with E-state index in [-0.39, 0.29) is 13.0 Å². The molecule has 31 heavy (non-hydrogen) atoms. The first-order valence-electron chi connectivity index (χ1n) is 9.81. The van der Waals surface area contributed by atoms with Gasteiger partial charge in [-0.1, -0.05) is 30.3 Å². The molecule has 0 spiro atoms. The molecule has 1 saturated heterocycles. The Kier molecular flexibility index (Phi) is 5.24. The van der Waals surface area contributed by atoms with Gasteiger partial charge in [0.2, 0.25) is 5.91 Å². The Bertz CT molecular complexity index is 1160. The highest BCUT2D eigenvalue weighted by Crippen LogP contribution is 2.27. The molecule has 2 atom stereocenters. The number of cyclic esters (lactones) is 1. The van der Waals surface area contributed by atoms with Crippen molar-refractivity contribution < 1.29 is 19.1 Å². The van der Waals surface area contributed by atoms with E-state index in [1.54, 1.807) is 18.2 Å². The van der Waals surface area contributed by atoms with Crippen molar-refractivity contribution in [2.75, 3.05) is 11.9 Å². The molecule has 2 heterocycles. The van der Waals surface area contributed by atoms with Crippen molar-refractivity contribution in [1.82, 2.24) is 15.6 Å². The predicted octanol–water partition coefficient (Wildman–Crippen LogP) is 2.34. The smallest absolute Gasteiger partial charge is 0.408 e. The third-order valence-electron chi connectivity index (χ3n) is 5.37. The zero-order valence-corrected chi connectivity index (χ0v) is 16.9. The number of para-hydroxylation sites is 1. The van der Waals surface area contributed by atoms with Crippen LogP contribution in [0.15, 0.2) is 54.7 Å². The third-order valence-corrected chi connectivity index (χ3v) is 5.37. The van der Waals surface area contributed by atoms with Gasteiger partial charge in [-0.05, 0) is 36.2 Å². The number of nitrogens with one attached hydrogen (secondary N) is 4. The van der Waals surface area contributed by atoms with Crippen LogP contribution in [-0.2, 0) is 21.5 Å². The number of rotatable bonds is 6. The zero-order valence-electron chi connectivity index (χ0n) is 16.9. The van der Waals surface area contributed by atoms with Crippen LogP contribution in [0.25, 0.3) is 10.9 Å². The lowest BCUT2D eigenvalue weighted by Gasteiger charge is -2.23. The summed E-state index contributed by atoms with van der Waals surface area (Å²) in [6, 6.07) is 13.2. The summed E-state index contributed by atoms with van der Waals surface area (Å²) in [6.45, 7) is 2.03. The fourth-order valence-corrected chi connectivity index (χ4v) is 3.73. The molecule has 9 heteroatoms. The molecule has 9 nitrogen and oxygen atoms in total. The maximum absolute atomic E-state index is 13.0. The van der Waals surface area contributed by atoms with Crippen LogP contribution in [0, 0.1) is 0 Å². The lowest BCUT2D eigenvalue weighted by atomic mass is 9.93. The number of amides is 4. The second kappa shape index (κ2) is 8.02. The fraction of sp³-hybridized carbons (Fsp3) is 0.227. The van der Waals surface area contributed by atoms with Crippen LogP contribution in [0.5, 0.6) is 0 Å². The van der Waals surface area contributed by atoms with Gasteiger partial charge < -0.3 is 31.4 Å². The van der Waals surface area contributed by atoms with Gasteiger partial charge in [-0.25, -0.2) is 9.59 Å². The predicted molar refractivity (Wildman–Crippen MR) is 115 cm³/mol. The van der Waals surface area contributed by atoms with E-state index in [0.717, 1.165) is 22.0 Å². The lowest BCUT2D eigenvalue weighted by Crippen LogP contribution is -2.47. The number of carbonyl (C=O) groups is 3. The molecule has 6 N–H and O–H groups in total. The van der Waals surface area contributed by atoms with Crippen molar-refractivity contribution in [3.8, 4) is 0 Å². The molecule has 0 saturated carbocycles. The molecule has 4 rings (SSSR count). The maximum atomic E-state index is 13.0. The molecule has 2 aromatic carbocycles. The van der Waals surface area contributed by atoms with Gasteiger partial charge >= 0.3 is 12.1 Å².